The lowest BCUT2D eigenvalue weighted by atomic mass is 9.89. The van der Waals surface area contributed by atoms with Crippen LogP contribution in [0.15, 0.2) is 66.9 Å². The predicted octanol–water partition coefficient (Wildman–Crippen LogP) is 6.27. The summed E-state index contributed by atoms with van der Waals surface area (Å²) in [5.41, 5.74) is 3.25. The van der Waals surface area contributed by atoms with Crippen molar-refractivity contribution in [2.75, 3.05) is 13.7 Å². The van der Waals surface area contributed by atoms with Crippen molar-refractivity contribution in [3.63, 3.8) is 0 Å². The summed E-state index contributed by atoms with van der Waals surface area (Å²) in [7, 11) is 1.70. The Morgan fingerprint density at radius 2 is 1.71 bits per heavy atom. The molecule has 1 fully saturated rings. The maximum Gasteiger partial charge on any atom is 0.128 e. The fourth-order valence-corrected chi connectivity index (χ4v) is 4.70. The first-order valence-corrected chi connectivity index (χ1v) is 11.4. The van der Waals surface area contributed by atoms with Gasteiger partial charge in [0, 0.05) is 37.1 Å². The normalized spacial score (nSPS) is 14.8. The van der Waals surface area contributed by atoms with Gasteiger partial charge < -0.3 is 9.30 Å². The van der Waals surface area contributed by atoms with E-state index in [1.807, 2.05) is 24.3 Å². The van der Waals surface area contributed by atoms with Gasteiger partial charge in [-0.2, -0.15) is 0 Å². The molecule has 0 N–H and O–H groups in total. The van der Waals surface area contributed by atoms with Gasteiger partial charge in [-0.15, -0.1) is 0 Å². The number of nitrogens with zero attached hydrogens (tertiary/aromatic N) is 2. The Kier molecular flexibility index (Phi) is 7.42. The van der Waals surface area contributed by atoms with Crippen molar-refractivity contribution in [2.45, 2.75) is 51.7 Å². The summed E-state index contributed by atoms with van der Waals surface area (Å²) >= 11 is 0. The lowest BCUT2D eigenvalue weighted by Crippen LogP contribution is -2.30. The van der Waals surface area contributed by atoms with Crippen molar-refractivity contribution in [2.24, 2.45) is 5.92 Å². The number of halogens is 1. The van der Waals surface area contributed by atoms with Crippen LogP contribution >= 0.6 is 0 Å². The highest BCUT2D eigenvalue weighted by Gasteiger charge is 2.19. The zero-order chi connectivity index (χ0) is 21.5. The van der Waals surface area contributed by atoms with Gasteiger partial charge >= 0.3 is 0 Å². The van der Waals surface area contributed by atoms with Crippen LogP contribution in [0.5, 0.6) is 5.75 Å². The van der Waals surface area contributed by atoms with E-state index >= 15 is 0 Å². The molecule has 0 bridgehead atoms. The van der Waals surface area contributed by atoms with Crippen LogP contribution in [0.25, 0.3) is 0 Å². The molecular formula is C27H33FN2O. The van der Waals surface area contributed by atoms with E-state index < -0.39 is 0 Å². The number of benzene rings is 2. The van der Waals surface area contributed by atoms with Crippen molar-refractivity contribution in [3.8, 4) is 5.75 Å². The van der Waals surface area contributed by atoms with E-state index in [0.717, 1.165) is 36.9 Å². The minimum absolute atomic E-state index is 0.139. The molecule has 0 atom stereocenters. The molecule has 3 aromatic rings. The lowest BCUT2D eigenvalue weighted by Gasteiger charge is -2.30. The second-order valence-electron chi connectivity index (χ2n) is 8.74. The summed E-state index contributed by atoms with van der Waals surface area (Å²) in [6.07, 6.45) is 8.80. The average molecular weight is 421 g/mol. The maximum atomic E-state index is 14.2. The van der Waals surface area contributed by atoms with Crippen LogP contribution in [-0.4, -0.2) is 23.1 Å². The number of aromatic nitrogens is 1. The molecule has 4 rings (SSSR count). The Hall–Kier alpha value is -2.59. The van der Waals surface area contributed by atoms with Crippen LogP contribution in [-0.2, 0) is 19.6 Å². The molecule has 1 aliphatic rings. The van der Waals surface area contributed by atoms with E-state index in [2.05, 4.69) is 39.9 Å². The molecule has 0 saturated heterocycles. The lowest BCUT2D eigenvalue weighted by molar-refractivity contribution is 0.183. The van der Waals surface area contributed by atoms with Gasteiger partial charge in [0.25, 0.3) is 0 Å². The van der Waals surface area contributed by atoms with Gasteiger partial charge in [-0.05, 0) is 54.7 Å². The molecule has 2 aromatic carbocycles. The summed E-state index contributed by atoms with van der Waals surface area (Å²) in [6.45, 7) is 3.45. The predicted molar refractivity (Wildman–Crippen MR) is 124 cm³/mol. The largest absolute Gasteiger partial charge is 0.497 e. The molecule has 3 nitrogen and oxygen atoms in total. The second-order valence-corrected chi connectivity index (χ2v) is 8.74. The van der Waals surface area contributed by atoms with Crippen LogP contribution in [0.1, 0.15) is 48.9 Å². The third-order valence-electron chi connectivity index (χ3n) is 6.41. The fourth-order valence-electron chi connectivity index (χ4n) is 4.70. The Balaban J connectivity index is 1.49. The summed E-state index contributed by atoms with van der Waals surface area (Å²) in [5.74, 6) is 1.52. The molecule has 31 heavy (non-hydrogen) atoms. The van der Waals surface area contributed by atoms with Crippen molar-refractivity contribution >= 4 is 0 Å². The smallest absolute Gasteiger partial charge is 0.128 e. The van der Waals surface area contributed by atoms with E-state index in [1.165, 1.54) is 49.4 Å². The van der Waals surface area contributed by atoms with Crippen molar-refractivity contribution in [3.05, 3.63) is 89.5 Å². The second kappa shape index (κ2) is 10.6. The highest BCUT2D eigenvalue weighted by molar-refractivity contribution is 5.27. The molecule has 1 saturated carbocycles. The van der Waals surface area contributed by atoms with Gasteiger partial charge in [-0.25, -0.2) is 4.39 Å². The summed E-state index contributed by atoms with van der Waals surface area (Å²) in [4.78, 5) is 2.56. The van der Waals surface area contributed by atoms with Crippen molar-refractivity contribution in [1.82, 2.24) is 9.47 Å². The third-order valence-corrected chi connectivity index (χ3v) is 6.41. The minimum atomic E-state index is -0.139. The number of rotatable bonds is 9. The Morgan fingerprint density at radius 1 is 0.935 bits per heavy atom. The molecule has 0 radical (unpaired) electrons. The maximum absolute atomic E-state index is 14.2. The van der Waals surface area contributed by atoms with E-state index in [4.69, 9.17) is 4.74 Å². The molecule has 0 amide bonds. The first-order valence-electron chi connectivity index (χ1n) is 11.4. The highest BCUT2D eigenvalue weighted by Crippen LogP contribution is 2.26. The fraction of sp³-hybridized carbons (Fsp3) is 0.407. The average Bonchev–Trinajstić information content (AvgIpc) is 3.23. The molecule has 4 heteroatoms. The van der Waals surface area contributed by atoms with Gasteiger partial charge in [0.2, 0.25) is 0 Å². The molecule has 0 aliphatic heterocycles. The van der Waals surface area contributed by atoms with Crippen LogP contribution in [0.2, 0.25) is 0 Å². The first-order chi connectivity index (χ1) is 15.2. The third kappa shape index (κ3) is 5.98. The quantitative estimate of drug-likeness (QED) is 0.406. The van der Waals surface area contributed by atoms with Gasteiger partial charge in [0.15, 0.2) is 0 Å². The first kappa shape index (κ1) is 21.6. The monoisotopic (exact) mass is 420 g/mol. The van der Waals surface area contributed by atoms with Crippen molar-refractivity contribution < 1.29 is 9.13 Å². The standard InChI is InChI=1S/C27H33FN2O/c1-31-26-15-13-23(14-16-26)19-29(18-22-8-3-2-4-9-22)21-25-11-7-17-30(25)20-24-10-5-6-12-27(24)28/h5-7,10-17,22H,2-4,8-9,18-21H2,1H3. The van der Waals surface area contributed by atoms with Gasteiger partial charge in [-0.3, -0.25) is 4.90 Å². The van der Waals surface area contributed by atoms with Crippen molar-refractivity contribution in [1.29, 1.82) is 0 Å². The summed E-state index contributed by atoms with van der Waals surface area (Å²) in [6, 6.07) is 19.7. The van der Waals surface area contributed by atoms with E-state index in [1.54, 1.807) is 13.2 Å². The Morgan fingerprint density at radius 3 is 2.45 bits per heavy atom. The number of methoxy groups -OCH3 is 1. The van der Waals surface area contributed by atoms with Crippen LogP contribution in [0.3, 0.4) is 0 Å². The van der Waals surface area contributed by atoms with Gasteiger partial charge in [0.1, 0.15) is 11.6 Å². The Bertz CT molecular complexity index is 944. The molecule has 1 aliphatic carbocycles. The van der Waals surface area contributed by atoms with Crippen LogP contribution in [0.4, 0.5) is 4.39 Å². The SMILES string of the molecule is COc1ccc(CN(Cc2cccn2Cc2ccccc2F)CC2CCCCC2)cc1. The minimum Gasteiger partial charge on any atom is -0.497 e. The van der Waals surface area contributed by atoms with E-state index in [-0.39, 0.29) is 5.82 Å². The Labute approximate surface area is 185 Å². The van der Waals surface area contributed by atoms with Gasteiger partial charge in [-0.1, -0.05) is 49.6 Å². The van der Waals surface area contributed by atoms with Crippen LogP contribution < -0.4 is 4.74 Å². The van der Waals surface area contributed by atoms with E-state index in [0.29, 0.717) is 6.54 Å². The highest BCUT2D eigenvalue weighted by atomic mass is 19.1. The van der Waals surface area contributed by atoms with Gasteiger partial charge in [0.05, 0.1) is 13.7 Å². The molecule has 0 unspecified atom stereocenters. The molecule has 1 heterocycles. The number of hydrogen-bond donors (Lipinski definition) is 0. The zero-order valence-corrected chi connectivity index (χ0v) is 18.5. The summed E-state index contributed by atoms with van der Waals surface area (Å²) in [5, 5.41) is 0. The number of hydrogen-bond acceptors (Lipinski definition) is 2. The van der Waals surface area contributed by atoms with E-state index in [9.17, 15) is 4.39 Å². The topological polar surface area (TPSA) is 17.4 Å². The summed E-state index contributed by atoms with van der Waals surface area (Å²) < 4.78 is 21.7. The molecular weight excluding hydrogens is 387 g/mol. The molecule has 164 valence electrons. The zero-order valence-electron chi connectivity index (χ0n) is 18.5. The number of ether oxygens (including phenoxy) is 1. The molecule has 0 spiro atoms. The van der Waals surface area contributed by atoms with Crippen LogP contribution in [0, 0.1) is 11.7 Å². The molecule has 1 aromatic heterocycles.